The van der Waals surface area contributed by atoms with Gasteiger partial charge in [0, 0.05) is 10.9 Å². The van der Waals surface area contributed by atoms with Crippen molar-refractivity contribution in [2.24, 2.45) is 10.3 Å². The molecule has 1 aromatic heterocycles. The Morgan fingerprint density at radius 2 is 1.92 bits per heavy atom. The Hall–Kier alpha value is -2.62. The number of aryl methyl sites for hydroxylation is 1. The number of anilines is 1. The number of hydrogen-bond acceptors (Lipinski definition) is 6. The zero-order valence-corrected chi connectivity index (χ0v) is 14.8. The normalized spacial score (nSPS) is 11.8. The van der Waals surface area contributed by atoms with Gasteiger partial charge in [0.05, 0.1) is 11.4 Å². The maximum absolute atomic E-state index is 11.4. The van der Waals surface area contributed by atoms with Gasteiger partial charge in [-0.25, -0.2) is 4.98 Å². The molecule has 0 radical (unpaired) electrons. The van der Waals surface area contributed by atoms with Crippen molar-refractivity contribution in [3.8, 4) is 11.3 Å². The van der Waals surface area contributed by atoms with Crippen molar-refractivity contribution in [2.75, 3.05) is 5.43 Å². The van der Waals surface area contributed by atoms with E-state index in [0.717, 1.165) is 11.3 Å². The van der Waals surface area contributed by atoms with Crippen LogP contribution in [-0.2, 0) is 10.1 Å². The monoisotopic (exact) mass is 374 g/mol. The summed E-state index contributed by atoms with van der Waals surface area (Å²) in [6.07, 6.45) is 0. The Morgan fingerprint density at radius 3 is 2.64 bits per heavy atom. The summed E-state index contributed by atoms with van der Waals surface area (Å²) in [6, 6.07) is 14.2. The molecule has 128 valence electrons. The van der Waals surface area contributed by atoms with Gasteiger partial charge in [-0.1, -0.05) is 41.6 Å². The number of rotatable bonds is 5. The van der Waals surface area contributed by atoms with Crippen molar-refractivity contribution in [3.63, 3.8) is 0 Å². The highest BCUT2D eigenvalue weighted by molar-refractivity contribution is 7.86. The van der Waals surface area contributed by atoms with E-state index in [2.05, 4.69) is 20.7 Å². The standard InChI is InChI=1S/C16H14N4O3S2/c1-11-7-8-13(15(9-11)25(21,22)23)18-20-19-16-17-14(10-24-16)12-5-3-2-4-6-12/h2-10H,1H3,(H,17,18,19)(H,21,22,23). The van der Waals surface area contributed by atoms with E-state index in [0.29, 0.717) is 10.7 Å². The third-order valence-electron chi connectivity index (χ3n) is 3.28. The predicted molar refractivity (Wildman–Crippen MR) is 96.7 cm³/mol. The van der Waals surface area contributed by atoms with Crippen molar-refractivity contribution >= 4 is 32.3 Å². The van der Waals surface area contributed by atoms with E-state index in [9.17, 15) is 13.0 Å². The van der Waals surface area contributed by atoms with E-state index < -0.39 is 10.1 Å². The number of nitrogens with zero attached hydrogens (tertiary/aromatic N) is 3. The van der Waals surface area contributed by atoms with Crippen LogP contribution in [0, 0.1) is 6.92 Å². The van der Waals surface area contributed by atoms with Crippen LogP contribution in [0.4, 0.5) is 10.8 Å². The summed E-state index contributed by atoms with van der Waals surface area (Å²) in [7, 11) is -4.36. The molecule has 7 nitrogen and oxygen atoms in total. The highest BCUT2D eigenvalue weighted by atomic mass is 32.2. The van der Waals surface area contributed by atoms with Crippen molar-refractivity contribution in [2.45, 2.75) is 11.8 Å². The van der Waals surface area contributed by atoms with E-state index in [-0.39, 0.29) is 10.6 Å². The second-order valence-corrected chi connectivity index (χ2v) is 7.39. The van der Waals surface area contributed by atoms with Gasteiger partial charge in [-0.15, -0.1) is 16.5 Å². The number of benzene rings is 2. The molecule has 0 fully saturated rings. The summed E-state index contributed by atoms with van der Waals surface area (Å²) in [5, 5.41) is 9.99. The molecule has 2 aromatic carbocycles. The van der Waals surface area contributed by atoms with Crippen LogP contribution in [0.3, 0.4) is 0 Å². The van der Waals surface area contributed by atoms with Crippen LogP contribution in [0.15, 0.2) is 69.1 Å². The first kappa shape index (κ1) is 17.2. The molecule has 2 N–H and O–H groups in total. The fourth-order valence-electron chi connectivity index (χ4n) is 2.11. The maximum Gasteiger partial charge on any atom is 0.296 e. The fraction of sp³-hybridized carbons (Fsp3) is 0.0625. The van der Waals surface area contributed by atoms with Gasteiger partial charge in [0.15, 0.2) is 0 Å². The first-order chi connectivity index (χ1) is 11.9. The van der Waals surface area contributed by atoms with Crippen LogP contribution >= 0.6 is 11.3 Å². The van der Waals surface area contributed by atoms with E-state index in [4.69, 9.17) is 0 Å². The van der Waals surface area contributed by atoms with Crippen molar-refractivity contribution in [1.29, 1.82) is 0 Å². The molecule has 25 heavy (non-hydrogen) atoms. The van der Waals surface area contributed by atoms with E-state index in [1.54, 1.807) is 13.0 Å². The maximum atomic E-state index is 11.4. The SMILES string of the molecule is Cc1ccc(N/N=N/c2nc(-c3ccccc3)cs2)c(S(=O)(=O)O)c1. The molecule has 0 saturated carbocycles. The second kappa shape index (κ2) is 7.09. The number of nitrogens with one attached hydrogen (secondary N) is 1. The van der Waals surface area contributed by atoms with Crippen LogP contribution in [0.1, 0.15) is 5.56 Å². The van der Waals surface area contributed by atoms with Crippen LogP contribution in [0.25, 0.3) is 11.3 Å². The van der Waals surface area contributed by atoms with Gasteiger partial charge in [-0.05, 0) is 24.6 Å². The van der Waals surface area contributed by atoms with Gasteiger partial charge in [-0.2, -0.15) is 8.42 Å². The average molecular weight is 374 g/mol. The number of hydrogen-bond donors (Lipinski definition) is 2. The molecule has 0 aliphatic heterocycles. The van der Waals surface area contributed by atoms with Crippen molar-refractivity contribution < 1.29 is 13.0 Å². The van der Waals surface area contributed by atoms with Gasteiger partial charge >= 0.3 is 0 Å². The summed E-state index contributed by atoms with van der Waals surface area (Å²) in [4.78, 5) is 4.09. The van der Waals surface area contributed by atoms with E-state index in [1.807, 2.05) is 35.7 Å². The minimum Gasteiger partial charge on any atom is -0.282 e. The lowest BCUT2D eigenvalue weighted by Crippen LogP contribution is -2.03. The van der Waals surface area contributed by atoms with E-state index in [1.165, 1.54) is 23.5 Å². The Balaban J connectivity index is 1.78. The molecular weight excluding hydrogens is 360 g/mol. The highest BCUT2D eigenvalue weighted by Gasteiger charge is 2.15. The molecule has 0 saturated heterocycles. The summed E-state index contributed by atoms with van der Waals surface area (Å²) in [6.45, 7) is 1.72. The van der Waals surface area contributed by atoms with Crippen LogP contribution in [-0.4, -0.2) is 18.0 Å². The largest absolute Gasteiger partial charge is 0.296 e. The first-order valence-electron chi connectivity index (χ1n) is 7.19. The molecule has 3 aromatic rings. The molecule has 0 aliphatic carbocycles. The minimum atomic E-state index is -4.36. The summed E-state index contributed by atoms with van der Waals surface area (Å²) in [5.74, 6) is 0. The molecule has 0 amide bonds. The molecule has 9 heteroatoms. The Kier molecular flexibility index (Phi) is 4.88. The smallest absolute Gasteiger partial charge is 0.282 e. The topological polar surface area (TPSA) is 104 Å². The van der Waals surface area contributed by atoms with Crippen LogP contribution in [0.5, 0.6) is 0 Å². The van der Waals surface area contributed by atoms with Crippen molar-refractivity contribution in [3.05, 3.63) is 59.5 Å². The number of thiazole rings is 1. The lowest BCUT2D eigenvalue weighted by molar-refractivity contribution is 0.483. The Bertz CT molecular complexity index is 1010. The van der Waals surface area contributed by atoms with Crippen LogP contribution < -0.4 is 5.43 Å². The van der Waals surface area contributed by atoms with Gasteiger partial charge in [0.2, 0.25) is 5.13 Å². The summed E-state index contributed by atoms with van der Waals surface area (Å²) < 4.78 is 32.2. The second-order valence-electron chi connectivity index (χ2n) is 5.17. The van der Waals surface area contributed by atoms with Gasteiger partial charge < -0.3 is 0 Å². The van der Waals surface area contributed by atoms with Gasteiger partial charge in [0.25, 0.3) is 10.1 Å². The fourth-order valence-corrected chi connectivity index (χ4v) is 3.48. The van der Waals surface area contributed by atoms with Gasteiger partial charge in [0.1, 0.15) is 4.90 Å². The quantitative estimate of drug-likeness (QED) is 0.389. The molecule has 0 bridgehead atoms. The molecule has 3 rings (SSSR count). The predicted octanol–water partition coefficient (Wildman–Crippen LogP) is 4.48. The molecule has 0 atom stereocenters. The lowest BCUT2D eigenvalue weighted by Gasteiger charge is -2.06. The minimum absolute atomic E-state index is 0.136. The molecule has 1 heterocycles. The van der Waals surface area contributed by atoms with Crippen LogP contribution in [0.2, 0.25) is 0 Å². The molecule has 0 aliphatic rings. The third kappa shape index (κ3) is 4.27. The molecular formula is C16H14N4O3S2. The number of aromatic nitrogens is 1. The zero-order chi connectivity index (χ0) is 17.9. The average Bonchev–Trinajstić information content (AvgIpc) is 3.05. The Labute approximate surface area is 148 Å². The summed E-state index contributed by atoms with van der Waals surface area (Å²) in [5.41, 5.74) is 5.12. The zero-order valence-electron chi connectivity index (χ0n) is 13.1. The van der Waals surface area contributed by atoms with E-state index >= 15 is 0 Å². The lowest BCUT2D eigenvalue weighted by atomic mass is 10.2. The molecule has 0 spiro atoms. The molecule has 0 unspecified atom stereocenters. The third-order valence-corrected chi connectivity index (χ3v) is 4.90. The van der Waals surface area contributed by atoms with Crippen molar-refractivity contribution in [1.82, 2.24) is 4.98 Å². The first-order valence-corrected chi connectivity index (χ1v) is 9.51. The van der Waals surface area contributed by atoms with Gasteiger partial charge in [-0.3, -0.25) is 9.98 Å². The highest BCUT2D eigenvalue weighted by Crippen LogP contribution is 2.27. The summed E-state index contributed by atoms with van der Waals surface area (Å²) >= 11 is 1.31. The Morgan fingerprint density at radius 1 is 1.16 bits per heavy atom.